The number of halogens is 6. The first-order chi connectivity index (χ1) is 11.8. The Hall–Kier alpha value is -2.14. The Morgan fingerprint density at radius 2 is 1.31 bits per heavy atom. The summed E-state index contributed by atoms with van der Waals surface area (Å²) >= 11 is 0. The molecule has 0 amide bonds. The van der Waals surface area contributed by atoms with Gasteiger partial charge in [0.1, 0.15) is 7.05 Å². The van der Waals surface area contributed by atoms with Crippen molar-refractivity contribution < 1.29 is 29.7 Å². The minimum atomic E-state index is -10.7. The molecule has 2 aromatic carbocycles. The van der Waals surface area contributed by atoms with Crippen LogP contribution >= 0.6 is 7.81 Å². The van der Waals surface area contributed by atoms with Gasteiger partial charge in [0.25, 0.3) is 0 Å². The van der Waals surface area contributed by atoms with Crippen LogP contribution in [-0.4, -0.2) is 0 Å². The topological polar surface area (TPSA) is 3.88 Å². The van der Waals surface area contributed by atoms with Crippen molar-refractivity contribution in [1.82, 2.24) is 0 Å². The van der Waals surface area contributed by atoms with Crippen LogP contribution in [0.1, 0.15) is 12.6 Å². The van der Waals surface area contributed by atoms with E-state index >= 15 is 0 Å². The number of fused-ring (bicyclic) bond motifs is 1. The quantitative estimate of drug-likeness (QED) is 0.245. The molecule has 0 aliphatic rings. The first-order valence-electron chi connectivity index (χ1n) is 7.78. The summed E-state index contributed by atoms with van der Waals surface area (Å²) in [5.74, 6) is 0. The second-order valence-electron chi connectivity index (χ2n) is 5.80. The van der Waals surface area contributed by atoms with Crippen LogP contribution in [-0.2, 0) is 13.5 Å². The Morgan fingerprint density at radius 3 is 1.85 bits per heavy atom. The molecule has 0 unspecified atom stereocenters. The van der Waals surface area contributed by atoms with Gasteiger partial charge in [0.2, 0.25) is 5.52 Å². The molecule has 0 fully saturated rings. The van der Waals surface area contributed by atoms with Gasteiger partial charge in [-0.2, -0.15) is 4.57 Å². The average molecular weight is 393 g/mol. The summed E-state index contributed by atoms with van der Waals surface area (Å²) < 4.78 is 61.5. The van der Waals surface area contributed by atoms with Crippen molar-refractivity contribution in [3.05, 3.63) is 66.4 Å². The van der Waals surface area contributed by atoms with Gasteiger partial charge in [-0.15, -0.1) is 0 Å². The number of pyridine rings is 1. The average Bonchev–Trinajstić information content (AvgIpc) is 2.53. The number of benzene rings is 2. The number of rotatable bonds is 2. The van der Waals surface area contributed by atoms with Gasteiger partial charge in [-0.05, 0) is 11.6 Å². The number of hydrogen-bond acceptors (Lipinski definition) is 0. The molecule has 3 rings (SSSR count). The molecule has 0 saturated heterocycles. The molecule has 0 bridgehead atoms. The molecule has 1 nitrogen and oxygen atoms in total. The third-order valence-electron chi connectivity index (χ3n) is 3.74. The fourth-order valence-corrected chi connectivity index (χ4v) is 2.69. The second kappa shape index (κ2) is 6.23. The molecule has 0 saturated carbocycles. The first-order valence-corrected chi connectivity index (χ1v) is 9.81. The van der Waals surface area contributed by atoms with Crippen molar-refractivity contribution in [2.45, 2.75) is 13.3 Å². The molecule has 0 radical (unpaired) electrons. The summed E-state index contributed by atoms with van der Waals surface area (Å²) in [5, 5.41) is 1.31. The molecule has 3 aromatic rings. The zero-order valence-corrected chi connectivity index (χ0v) is 15.0. The van der Waals surface area contributed by atoms with Gasteiger partial charge in [-0.3, -0.25) is 0 Å². The van der Waals surface area contributed by atoms with E-state index in [9.17, 15) is 25.2 Å². The van der Waals surface area contributed by atoms with Crippen LogP contribution < -0.4 is 4.57 Å². The van der Waals surface area contributed by atoms with Crippen LogP contribution in [0.15, 0.2) is 60.7 Å². The van der Waals surface area contributed by atoms with E-state index in [1.54, 1.807) is 0 Å². The minimum absolute atomic E-state index is 1.04. The molecule has 1 aromatic heterocycles. The van der Waals surface area contributed by atoms with Crippen molar-refractivity contribution in [2.24, 2.45) is 7.05 Å². The van der Waals surface area contributed by atoms with E-state index in [2.05, 4.69) is 79.2 Å². The van der Waals surface area contributed by atoms with Gasteiger partial charge < -0.3 is 0 Å². The van der Waals surface area contributed by atoms with E-state index in [1.165, 1.54) is 27.7 Å². The van der Waals surface area contributed by atoms with Gasteiger partial charge in [0, 0.05) is 24.1 Å². The maximum absolute atomic E-state index is 10.7. The number of hydrogen-bond donors (Lipinski definition) is 0. The molecule has 26 heavy (non-hydrogen) atoms. The Bertz CT molecular complexity index is 910. The Morgan fingerprint density at radius 1 is 0.808 bits per heavy atom. The zero-order valence-electron chi connectivity index (χ0n) is 14.1. The van der Waals surface area contributed by atoms with Gasteiger partial charge >= 0.3 is 33.0 Å². The summed E-state index contributed by atoms with van der Waals surface area (Å²) in [6.07, 6.45) is 1.04. The van der Waals surface area contributed by atoms with Gasteiger partial charge in [-0.25, -0.2) is 0 Å². The third-order valence-corrected chi connectivity index (χ3v) is 3.74. The van der Waals surface area contributed by atoms with Crippen molar-refractivity contribution in [2.75, 3.05) is 0 Å². The van der Waals surface area contributed by atoms with E-state index in [0.717, 1.165) is 6.42 Å². The standard InChI is InChI=1S/C18H18N.F6P/c1-3-15-13-17(14-9-5-4-6-10-14)16-11-7-8-12-18(16)19(15)2;1-7(2,3,4,5)6/h4-13H,3H2,1-2H3;/q+1;-1. The van der Waals surface area contributed by atoms with Crippen molar-refractivity contribution >= 4 is 18.7 Å². The van der Waals surface area contributed by atoms with Crippen molar-refractivity contribution in [1.29, 1.82) is 0 Å². The Labute approximate surface area is 147 Å². The molecule has 0 atom stereocenters. The van der Waals surface area contributed by atoms with Crippen LogP contribution in [0.25, 0.3) is 22.0 Å². The molecular weight excluding hydrogens is 375 g/mol. The van der Waals surface area contributed by atoms with Crippen LogP contribution in [0.5, 0.6) is 0 Å². The summed E-state index contributed by atoms with van der Waals surface area (Å²) in [4.78, 5) is 0. The predicted octanol–water partition coefficient (Wildman–Crippen LogP) is 7.28. The monoisotopic (exact) mass is 393 g/mol. The van der Waals surface area contributed by atoms with E-state index in [-0.39, 0.29) is 0 Å². The number of aromatic nitrogens is 1. The van der Waals surface area contributed by atoms with Crippen LogP contribution in [0.3, 0.4) is 0 Å². The zero-order chi connectivity index (χ0) is 19.7. The summed E-state index contributed by atoms with van der Waals surface area (Å²) in [7, 11) is -8.51. The van der Waals surface area contributed by atoms with E-state index in [4.69, 9.17) is 0 Å². The molecule has 142 valence electrons. The first kappa shape index (κ1) is 20.2. The molecule has 0 aliphatic heterocycles. The molecule has 1 heterocycles. The van der Waals surface area contributed by atoms with Gasteiger partial charge in [-0.1, -0.05) is 49.4 Å². The van der Waals surface area contributed by atoms with E-state index in [1.807, 2.05) is 0 Å². The van der Waals surface area contributed by atoms with Crippen LogP contribution in [0, 0.1) is 0 Å². The van der Waals surface area contributed by atoms with Gasteiger partial charge in [0.05, 0.1) is 5.39 Å². The molecular formula is C18H18F6NP. The van der Waals surface area contributed by atoms with Gasteiger partial charge in [0.15, 0.2) is 5.69 Å². The summed E-state index contributed by atoms with van der Waals surface area (Å²) in [6, 6.07) is 21.6. The fourth-order valence-electron chi connectivity index (χ4n) is 2.69. The SMILES string of the molecule is CCc1cc(-c2ccccc2)c2ccccc2[n+]1C.F[P-](F)(F)(F)(F)F. The summed E-state index contributed by atoms with van der Waals surface area (Å²) in [6.45, 7) is 2.21. The van der Waals surface area contributed by atoms with Crippen molar-refractivity contribution in [3.63, 3.8) is 0 Å². The normalized spacial score (nSPS) is 14.2. The second-order valence-corrected chi connectivity index (χ2v) is 7.72. The van der Waals surface area contributed by atoms with E-state index < -0.39 is 7.81 Å². The predicted molar refractivity (Wildman–Crippen MR) is 93.5 cm³/mol. The Balaban J connectivity index is 0.000000298. The van der Waals surface area contributed by atoms with Crippen LogP contribution in [0.2, 0.25) is 0 Å². The fraction of sp³-hybridized carbons (Fsp3) is 0.167. The molecule has 0 aliphatic carbocycles. The molecule has 8 heteroatoms. The summed E-state index contributed by atoms with van der Waals surface area (Å²) in [5.41, 5.74) is 5.26. The van der Waals surface area contributed by atoms with Crippen molar-refractivity contribution in [3.8, 4) is 11.1 Å². The molecule has 0 spiro atoms. The van der Waals surface area contributed by atoms with E-state index in [0.29, 0.717) is 0 Å². The molecule has 0 N–H and O–H groups in total. The number of para-hydroxylation sites is 1. The maximum atomic E-state index is 9.87. The van der Waals surface area contributed by atoms with Crippen LogP contribution in [0.4, 0.5) is 25.2 Å². The third kappa shape index (κ3) is 6.30. The Kier molecular flexibility index (Phi) is 4.84. The number of aryl methyl sites for hydroxylation is 2. The number of nitrogens with zero attached hydrogens (tertiary/aromatic N) is 1.